The van der Waals surface area contributed by atoms with E-state index < -0.39 is 0 Å². The minimum absolute atomic E-state index is 0.498. The van der Waals surface area contributed by atoms with Gasteiger partial charge < -0.3 is 10.3 Å². The number of hydrogen-bond acceptors (Lipinski definition) is 1. The normalized spacial score (nSPS) is 22.9. The van der Waals surface area contributed by atoms with Crippen LogP contribution in [0.15, 0.2) is 18.5 Å². The summed E-state index contributed by atoms with van der Waals surface area (Å²) in [6, 6.07) is 2.12. The molecule has 1 heterocycles. The smallest absolute Gasteiger partial charge is 0.0220 e. The van der Waals surface area contributed by atoms with Gasteiger partial charge in [-0.15, -0.1) is 0 Å². The van der Waals surface area contributed by atoms with Crippen molar-refractivity contribution in [2.45, 2.75) is 34.2 Å². The van der Waals surface area contributed by atoms with Gasteiger partial charge in [-0.05, 0) is 34.9 Å². The molecule has 15 heavy (non-hydrogen) atoms. The molecule has 84 valence electrons. The average Bonchev–Trinajstić information content (AvgIpc) is 2.62. The molecule has 0 aliphatic heterocycles. The monoisotopic (exact) mass is 206 g/mol. The highest BCUT2D eigenvalue weighted by Gasteiger charge is 2.63. The molecule has 0 aromatic carbocycles. The first kappa shape index (κ1) is 10.7. The number of hydrogen-bond donors (Lipinski definition) is 2. The standard InChI is InChI=1S/C13H22N2/c1-12(2)11(13(12,3)4)9-15-8-10-5-6-14-7-10/h5-7,11,14-15H,8-9H2,1-4H3. The van der Waals surface area contributed by atoms with Crippen molar-refractivity contribution < 1.29 is 0 Å². The van der Waals surface area contributed by atoms with Crippen molar-refractivity contribution in [1.29, 1.82) is 0 Å². The van der Waals surface area contributed by atoms with Gasteiger partial charge >= 0.3 is 0 Å². The lowest BCUT2D eigenvalue weighted by Gasteiger charge is -2.04. The van der Waals surface area contributed by atoms with Gasteiger partial charge in [0.1, 0.15) is 0 Å². The summed E-state index contributed by atoms with van der Waals surface area (Å²) in [5.41, 5.74) is 2.34. The minimum atomic E-state index is 0.498. The molecule has 2 nitrogen and oxygen atoms in total. The molecule has 0 bridgehead atoms. The van der Waals surface area contributed by atoms with E-state index in [2.05, 4.69) is 50.3 Å². The van der Waals surface area contributed by atoms with E-state index in [1.807, 2.05) is 6.20 Å². The highest BCUT2D eigenvalue weighted by atomic mass is 14.9. The van der Waals surface area contributed by atoms with Crippen molar-refractivity contribution in [2.24, 2.45) is 16.7 Å². The second-order valence-corrected chi connectivity index (χ2v) is 5.85. The molecule has 2 N–H and O–H groups in total. The van der Waals surface area contributed by atoms with Crippen LogP contribution in [0.2, 0.25) is 0 Å². The van der Waals surface area contributed by atoms with E-state index in [1.165, 1.54) is 5.56 Å². The topological polar surface area (TPSA) is 27.8 Å². The molecule has 0 saturated heterocycles. The molecule has 2 heteroatoms. The second-order valence-electron chi connectivity index (χ2n) is 5.85. The van der Waals surface area contributed by atoms with E-state index in [9.17, 15) is 0 Å². The Kier molecular flexibility index (Phi) is 2.42. The Morgan fingerprint density at radius 3 is 2.40 bits per heavy atom. The van der Waals surface area contributed by atoms with Gasteiger partial charge in [-0.2, -0.15) is 0 Å². The fraction of sp³-hybridized carbons (Fsp3) is 0.692. The Hall–Kier alpha value is -0.760. The maximum Gasteiger partial charge on any atom is 0.0220 e. The van der Waals surface area contributed by atoms with Crippen molar-refractivity contribution >= 4 is 0 Å². The van der Waals surface area contributed by atoms with Gasteiger partial charge in [-0.1, -0.05) is 27.7 Å². The lowest BCUT2D eigenvalue weighted by Crippen LogP contribution is -2.18. The molecular formula is C13H22N2. The molecule has 0 radical (unpaired) electrons. The van der Waals surface area contributed by atoms with E-state index in [4.69, 9.17) is 0 Å². The van der Waals surface area contributed by atoms with Gasteiger partial charge in [0.2, 0.25) is 0 Å². The van der Waals surface area contributed by atoms with Crippen LogP contribution in [0.3, 0.4) is 0 Å². The van der Waals surface area contributed by atoms with E-state index in [1.54, 1.807) is 0 Å². The molecule has 2 rings (SSSR count). The summed E-state index contributed by atoms with van der Waals surface area (Å²) < 4.78 is 0. The average molecular weight is 206 g/mol. The second kappa shape index (κ2) is 3.38. The Bertz CT molecular complexity index is 308. The van der Waals surface area contributed by atoms with Crippen LogP contribution in [-0.4, -0.2) is 11.5 Å². The molecule has 0 atom stereocenters. The fourth-order valence-electron chi connectivity index (χ4n) is 2.67. The van der Waals surface area contributed by atoms with Gasteiger partial charge in [-0.25, -0.2) is 0 Å². The number of aromatic amines is 1. The predicted octanol–water partition coefficient (Wildman–Crippen LogP) is 2.79. The zero-order valence-electron chi connectivity index (χ0n) is 10.2. The van der Waals surface area contributed by atoms with E-state index in [0.29, 0.717) is 10.8 Å². The molecule has 1 aliphatic carbocycles. The number of aromatic nitrogens is 1. The Morgan fingerprint density at radius 2 is 1.93 bits per heavy atom. The van der Waals surface area contributed by atoms with Gasteiger partial charge in [0, 0.05) is 18.9 Å². The van der Waals surface area contributed by atoms with E-state index in [-0.39, 0.29) is 0 Å². The van der Waals surface area contributed by atoms with Crippen LogP contribution in [0.25, 0.3) is 0 Å². The summed E-state index contributed by atoms with van der Waals surface area (Å²) in [7, 11) is 0. The van der Waals surface area contributed by atoms with Crippen LogP contribution < -0.4 is 5.32 Å². The molecule has 1 fully saturated rings. The largest absolute Gasteiger partial charge is 0.367 e. The predicted molar refractivity (Wildman–Crippen MR) is 63.6 cm³/mol. The molecular weight excluding hydrogens is 184 g/mol. The summed E-state index contributed by atoms with van der Waals surface area (Å²) in [5, 5.41) is 3.54. The molecule has 1 saturated carbocycles. The number of nitrogens with one attached hydrogen (secondary N) is 2. The SMILES string of the molecule is CC1(C)C(CNCc2cc[nH]c2)C1(C)C. The Balaban J connectivity index is 1.77. The van der Waals surface area contributed by atoms with Crippen LogP contribution in [0, 0.1) is 16.7 Å². The minimum Gasteiger partial charge on any atom is -0.367 e. The maximum absolute atomic E-state index is 3.54. The third-order valence-electron chi connectivity index (χ3n) is 4.66. The Labute approximate surface area is 92.5 Å². The van der Waals surface area contributed by atoms with Crippen LogP contribution in [0.5, 0.6) is 0 Å². The fourth-order valence-corrected chi connectivity index (χ4v) is 2.67. The molecule has 1 aromatic heterocycles. The first-order valence-corrected chi connectivity index (χ1v) is 5.78. The lowest BCUT2D eigenvalue weighted by molar-refractivity contribution is 0.457. The van der Waals surface area contributed by atoms with Crippen molar-refractivity contribution in [3.05, 3.63) is 24.0 Å². The third kappa shape index (κ3) is 1.71. The summed E-state index contributed by atoms with van der Waals surface area (Å²) in [4.78, 5) is 3.08. The van der Waals surface area contributed by atoms with Gasteiger partial charge in [0.05, 0.1) is 0 Å². The summed E-state index contributed by atoms with van der Waals surface area (Å²) in [6.45, 7) is 11.6. The zero-order chi connectivity index (χ0) is 11.1. The van der Waals surface area contributed by atoms with Gasteiger partial charge in [0.15, 0.2) is 0 Å². The third-order valence-corrected chi connectivity index (χ3v) is 4.66. The molecule has 0 unspecified atom stereocenters. The lowest BCUT2D eigenvalue weighted by atomic mass is 10.0. The molecule has 1 aromatic rings. The quantitative estimate of drug-likeness (QED) is 0.779. The highest BCUT2D eigenvalue weighted by molar-refractivity contribution is 5.13. The van der Waals surface area contributed by atoms with Crippen LogP contribution in [-0.2, 0) is 6.54 Å². The van der Waals surface area contributed by atoms with E-state index in [0.717, 1.165) is 19.0 Å². The summed E-state index contributed by atoms with van der Waals surface area (Å²) in [5.74, 6) is 0.809. The number of H-pyrrole nitrogens is 1. The van der Waals surface area contributed by atoms with Crippen molar-refractivity contribution in [3.63, 3.8) is 0 Å². The maximum atomic E-state index is 3.54. The number of rotatable bonds is 4. The van der Waals surface area contributed by atoms with Crippen molar-refractivity contribution in [2.75, 3.05) is 6.54 Å². The Morgan fingerprint density at radius 1 is 1.27 bits per heavy atom. The summed E-state index contributed by atoms with van der Waals surface area (Å²) >= 11 is 0. The molecule has 0 amide bonds. The van der Waals surface area contributed by atoms with Gasteiger partial charge in [0.25, 0.3) is 0 Å². The van der Waals surface area contributed by atoms with Crippen molar-refractivity contribution in [3.8, 4) is 0 Å². The first-order valence-electron chi connectivity index (χ1n) is 5.78. The van der Waals surface area contributed by atoms with E-state index >= 15 is 0 Å². The van der Waals surface area contributed by atoms with Crippen molar-refractivity contribution in [1.82, 2.24) is 10.3 Å². The summed E-state index contributed by atoms with van der Waals surface area (Å²) in [6.07, 6.45) is 4.03. The zero-order valence-corrected chi connectivity index (χ0v) is 10.2. The van der Waals surface area contributed by atoms with Gasteiger partial charge in [-0.3, -0.25) is 0 Å². The molecule has 0 spiro atoms. The van der Waals surface area contributed by atoms with Crippen LogP contribution in [0.1, 0.15) is 33.3 Å². The highest BCUT2D eigenvalue weighted by Crippen LogP contribution is 2.67. The molecule has 1 aliphatic rings. The first-order chi connectivity index (χ1) is 6.96. The van der Waals surface area contributed by atoms with Crippen LogP contribution >= 0.6 is 0 Å². The van der Waals surface area contributed by atoms with Crippen LogP contribution in [0.4, 0.5) is 0 Å².